The molecule has 1 aliphatic rings. The van der Waals surface area contributed by atoms with Crippen molar-refractivity contribution in [1.82, 2.24) is 0 Å². The standard InChI is InChI=1S/C25H27FN2O4/c1-16(2)15-30-28-14-19-23(25(19,3)4)24(29)32-22(13-27)17-10-11-20(26)21(12-17)31-18-8-6-5-7-9-18/h5-12,14,16,19,22-23H,15H2,1-4H3. The Morgan fingerprint density at radius 2 is 1.97 bits per heavy atom. The molecular weight excluding hydrogens is 411 g/mol. The Labute approximate surface area is 187 Å². The van der Waals surface area contributed by atoms with Crippen LogP contribution in [0.4, 0.5) is 4.39 Å². The lowest BCUT2D eigenvalue weighted by Gasteiger charge is -2.14. The van der Waals surface area contributed by atoms with Crippen molar-refractivity contribution < 1.29 is 23.5 Å². The van der Waals surface area contributed by atoms with E-state index >= 15 is 0 Å². The van der Waals surface area contributed by atoms with Crippen molar-refractivity contribution in [2.24, 2.45) is 28.3 Å². The average molecular weight is 438 g/mol. The summed E-state index contributed by atoms with van der Waals surface area (Å²) < 4.78 is 25.3. The monoisotopic (exact) mass is 438 g/mol. The number of rotatable bonds is 9. The maximum Gasteiger partial charge on any atom is 0.311 e. The molecule has 3 unspecified atom stereocenters. The summed E-state index contributed by atoms with van der Waals surface area (Å²) in [4.78, 5) is 18.0. The van der Waals surface area contributed by atoms with Gasteiger partial charge in [-0.25, -0.2) is 4.39 Å². The molecule has 0 radical (unpaired) electrons. The Morgan fingerprint density at radius 3 is 2.62 bits per heavy atom. The smallest absolute Gasteiger partial charge is 0.311 e. The number of nitrogens with zero attached hydrogens (tertiary/aromatic N) is 2. The number of hydrogen-bond donors (Lipinski definition) is 0. The van der Waals surface area contributed by atoms with Gasteiger partial charge in [0.05, 0.1) is 5.92 Å². The fourth-order valence-corrected chi connectivity index (χ4v) is 3.44. The zero-order valence-electron chi connectivity index (χ0n) is 18.6. The van der Waals surface area contributed by atoms with E-state index in [1.807, 2.05) is 39.8 Å². The third-order valence-corrected chi connectivity index (χ3v) is 5.45. The number of carbonyl (C=O) groups is 1. The van der Waals surface area contributed by atoms with E-state index < -0.39 is 23.8 Å². The molecule has 1 saturated carbocycles. The summed E-state index contributed by atoms with van der Waals surface area (Å²) in [7, 11) is 0. The quantitative estimate of drug-likeness (QED) is 0.287. The van der Waals surface area contributed by atoms with Crippen LogP contribution in [0.3, 0.4) is 0 Å². The van der Waals surface area contributed by atoms with E-state index in [4.69, 9.17) is 14.3 Å². The fourth-order valence-electron chi connectivity index (χ4n) is 3.44. The predicted octanol–water partition coefficient (Wildman–Crippen LogP) is 5.66. The second-order valence-corrected chi connectivity index (χ2v) is 8.82. The molecule has 0 heterocycles. The summed E-state index contributed by atoms with van der Waals surface area (Å²) in [6, 6.07) is 14.7. The Bertz CT molecular complexity index is 1010. The maximum atomic E-state index is 14.2. The van der Waals surface area contributed by atoms with Crippen LogP contribution >= 0.6 is 0 Å². The first-order valence-corrected chi connectivity index (χ1v) is 10.5. The number of benzene rings is 2. The fraction of sp³-hybridized carbons (Fsp3) is 0.400. The normalized spacial score (nSPS) is 19.9. The van der Waals surface area contributed by atoms with Crippen LogP contribution in [0.1, 0.15) is 39.4 Å². The summed E-state index contributed by atoms with van der Waals surface area (Å²) in [6.07, 6.45) is 0.437. The van der Waals surface area contributed by atoms with Gasteiger partial charge in [0.15, 0.2) is 11.6 Å². The van der Waals surface area contributed by atoms with Crippen LogP contribution < -0.4 is 4.74 Å². The summed E-state index contributed by atoms with van der Waals surface area (Å²) in [5, 5.41) is 13.6. The first kappa shape index (κ1) is 23.3. The minimum absolute atomic E-state index is 0.0518. The second-order valence-electron chi connectivity index (χ2n) is 8.82. The van der Waals surface area contributed by atoms with Crippen LogP contribution in [0, 0.1) is 40.3 Å². The number of hydrogen-bond acceptors (Lipinski definition) is 6. The van der Waals surface area contributed by atoms with Crippen LogP contribution in [0.15, 0.2) is 53.7 Å². The summed E-state index contributed by atoms with van der Waals surface area (Å²) >= 11 is 0. The zero-order chi connectivity index (χ0) is 23.3. The third kappa shape index (κ3) is 5.44. The molecule has 168 valence electrons. The van der Waals surface area contributed by atoms with Gasteiger partial charge >= 0.3 is 5.97 Å². The second kappa shape index (κ2) is 9.82. The number of halogens is 1. The van der Waals surface area contributed by atoms with E-state index in [-0.39, 0.29) is 17.1 Å². The number of esters is 1. The highest BCUT2D eigenvalue weighted by atomic mass is 19.1. The van der Waals surface area contributed by atoms with Gasteiger partial charge in [0, 0.05) is 17.7 Å². The van der Waals surface area contributed by atoms with E-state index in [9.17, 15) is 14.4 Å². The third-order valence-electron chi connectivity index (χ3n) is 5.45. The van der Waals surface area contributed by atoms with Gasteiger partial charge in [0.1, 0.15) is 18.4 Å². The Kier molecular flexibility index (Phi) is 7.14. The maximum absolute atomic E-state index is 14.2. The van der Waals surface area contributed by atoms with Crippen molar-refractivity contribution in [2.45, 2.75) is 33.8 Å². The molecule has 0 N–H and O–H groups in total. The molecule has 0 spiro atoms. The van der Waals surface area contributed by atoms with E-state index in [1.165, 1.54) is 18.2 Å². The molecule has 7 heteroatoms. The van der Waals surface area contributed by atoms with Crippen molar-refractivity contribution >= 4 is 12.2 Å². The van der Waals surface area contributed by atoms with E-state index in [2.05, 4.69) is 5.16 Å². The Hall–Kier alpha value is -3.40. The van der Waals surface area contributed by atoms with Gasteiger partial charge in [-0.05, 0) is 35.6 Å². The van der Waals surface area contributed by atoms with Crippen LogP contribution in [0.2, 0.25) is 0 Å². The largest absolute Gasteiger partial charge is 0.454 e. The molecular formula is C25H27FN2O4. The molecule has 1 aliphatic carbocycles. The number of para-hydroxylation sites is 1. The lowest BCUT2D eigenvalue weighted by atomic mass is 10.1. The Balaban J connectivity index is 1.68. The molecule has 0 amide bonds. The molecule has 3 atom stereocenters. The van der Waals surface area contributed by atoms with Gasteiger partial charge in [-0.15, -0.1) is 0 Å². The van der Waals surface area contributed by atoms with Gasteiger partial charge in [0.2, 0.25) is 6.10 Å². The first-order valence-electron chi connectivity index (χ1n) is 10.5. The highest BCUT2D eigenvalue weighted by Crippen LogP contribution is 2.58. The predicted molar refractivity (Wildman–Crippen MR) is 117 cm³/mol. The summed E-state index contributed by atoms with van der Waals surface area (Å²) in [5.41, 5.74) is -0.0243. The molecule has 6 nitrogen and oxygen atoms in total. The highest BCUT2D eigenvalue weighted by molar-refractivity contribution is 5.85. The topological polar surface area (TPSA) is 80.9 Å². The van der Waals surface area contributed by atoms with Crippen molar-refractivity contribution in [2.75, 3.05) is 6.61 Å². The van der Waals surface area contributed by atoms with E-state index in [1.54, 1.807) is 30.5 Å². The van der Waals surface area contributed by atoms with Gasteiger partial charge in [0.25, 0.3) is 0 Å². The van der Waals surface area contributed by atoms with Gasteiger partial charge in [-0.1, -0.05) is 57.1 Å². The van der Waals surface area contributed by atoms with Gasteiger partial charge in [-0.3, -0.25) is 4.79 Å². The van der Waals surface area contributed by atoms with Crippen molar-refractivity contribution in [3.05, 3.63) is 59.9 Å². The van der Waals surface area contributed by atoms with Gasteiger partial charge < -0.3 is 14.3 Å². The van der Waals surface area contributed by atoms with Crippen molar-refractivity contribution in [1.29, 1.82) is 5.26 Å². The van der Waals surface area contributed by atoms with Crippen LogP contribution in [-0.4, -0.2) is 18.8 Å². The highest BCUT2D eigenvalue weighted by Gasteiger charge is 2.62. The number of oxime groups is 1. The van der Waals surface area contributed by atoms with Crippen molar-refractivity contribution in [3.8, 4) is 17.6 Å². The average Bonchev–Trinajstić information content (AvgIpc) is 3.32. The number of carbonyl (C=O) groups excluding carboxylic acids is 1. The lowest BCUT2D eigenvalue weighted by Crippen LogP contribution is -2.15. The molecule has 0 bridgehead atoms. The number of nitriles is 1. The molecule has 1 fully saturated rings. The van der Waals surface area contributed by atoms with Crippen molar-refractivity contribution in [3.63, 3.8) is 0 Å². The first-order chi connectivity index (χ1) is 15.2. The SMILES string of the molecule is CC(C)CON=CC1C(C(=O)OC(C#N)c2ccc(F)c(Oc3ccccc3)c2)C1(C)C. The minimum Gasteiger partial charge on any atom is -0.454 e. The minimum atomic E-state index is -1.19. The van der Waals surface area contributed by atoms with Gasteiger partial charge in [-0.2, -0.15) is 5.26 Å². The Morgan fingerprint density at radius 1 is 1.25 bits per heavy atom. The zero-order valence-corrected chi connectivity index (χ0v) is 18.6. The van der Waals surface area contributed by atoms with Crippen LogP contribution in [0.5, 0.6) is 11.5 Å². The molecule has 3 rings (SSSR count). The lowest BCUT2D eigenvalue weighted by molar-refractivity contribution is -0.149. The molecule has 0 aliphatic heterocycles. The van der Waals surface area contributed by atoms with Crippen LogP contribution in [0.25, 0.3) is 0 Å². The van der Waals surface area contributed by atoms with Crippen LogP contribution in [-0.2, 0) is 14.4 Å². The molecule has 0 saturated heterocycles. The summed E-state index contributed by atoms with van der Waals surface area (Å²) in [6.45, 7) is 8.40. The van der Waals surface area contributed by atoms with E-state index in [0.29, 0.717) is 23.8 Å². The molecule has 2 aromatic rings. The molecule has 32 heavy (non-hydrogen) atoms. The number of ether oxygens (including phenoxy) is 2. The molecule has 0 aromatic heterocycles. The molecule has 2 aromatic carbocycles. The van der Waals surface area contributed by atoms with E-state index in [0.717, 1.165) is 0 Å². The summed E-state index contributed by atoms with van der Waals surface area (Å²) in [5.74, 6) is -0.919.